The molecule has 0 aliphatic heterocycles. The molecular formula is C21H30N4O4S. The molecule has 1 amide bonds. The number of nitrogens with two attached hydrogens (primary N) is 1. The van der Waals surface area contributed by atoms with Crippen LogP contribution in [0, 0.1) is 5.92 Å². The Labute approximate surface area is 179 Å². The summed E-state index contributed by atoms with van der Waals surface area (Å²) in [5.74, 6) is 0.314. The summed E-state index contributed by atoms with van der Waals surface area (Å²) in [6.07, 6.45) is 4.64. The molecule has 164 valence electrons. The number of H-pyrrole nitrogens is 1. The Hall–Kier alpha value is -2.39. The number of nitrogens with one attached hydrogen (secondary N) is 1. The number of hydrogen-bond donors (Lipinski definition) is 2. The molecule has 2 aromatic heterocycles. The lowest BCUT2D eigenvalue weighted by Crippen LogP contribution is -2.42. The number of nitrogens with zero attached hydrogens (tertiary/aromatic N) is 2. The summed E-state index contributed by atoms with van der Waals surface area (Å²) in [4.78, 5) is 43.9. The number of ether oxygens (including phenoxy) is 1. The lowest BCUT2D eigenvalue weighted by molar-refractivity contribution is 0.0979. The van der Waals surface area contributed by atoms with Crippen molar-refractivity contribution < 1.29 is 9.53 Å². The van der Waals surface area contributed by atoms with Crippen molar-refractivity contribution >= 4 is 28.7 Å². The number of fused-ring (bicyclic) bond motifs is 1. The Morgan fingerprint density at radius 2 is 2.20 bits per heavy atom. The molecule has 2 aromatic rings. The van der Waals surface area contributed by atoms with Crippen LogP contribution in [0.3, 0.4) is 0 Å². The Balaban J connectivity index is 2.04. The number of aromatic amines is 1. The number of thiophene rings is 1. The van der Waals surface area contributed by atoms with Crippen LogP contribution in [-0.4, -0.2) is 35.7 Å². The van der Waals surface area contributed by atoms with Crippen LogP contribution in [0.5, 0.6) is 0 Å². The summed E-state index contributed by atoms with van der Waals surface area (Å²) >= 11 is 1.48. The summed E-state index contributed by atoms with van der Waals surface area (Å²) in [5.41, 5.74) is 6.24. The molecule has 0 radical (unpaired) electrons. The number of rotatable bonds is 8. The second kappa shape index (κ2) is 9.61. The lowest BCUT2D eigenvalue weighted by atomic mass is 9.90. The monoisotopic (exact) mass is 434 g/mol. The van der Waals surface area contributed by atoms with Crippen molar-refractivity contribution in [3.05, 3.63) is 42.2 Å². The highest BCUT2D eigenvalue weighted by molar-refractivity contribution is 7.14. The van der Waals surface area contributed by atoms with Gasteiger partial charge < -0.3 is 10.5 Å². The van der Waals surface area contributed by atoms with Gasteiger partial charge in [0.15, 0.2) is 5.69 Å². The number of hydrogen-bond acceptors (Lipinski definition) is 6. The van der Waals surface area contributed by atoms with Crippen molar-refractivity contribution in [1.29, 1.82) is 0 Å². The first-order valence-electron chi connectivity index (χ1n) is 10.4. The average molecular weight is 435 g/mol. The minimum Gasteiger partial charge on any atom is -0.383 e. The summed E-state index contributed by atoms with van der Waals surface area (Å²) in [7, 11) is 1.53. The van der Waals surface area contributed by atoms with Gasteiger partial charge in [0.25, 0.3) is 11.5 Å². The van der Waals surface area contributed by atoms with E-state index in [1.165, 1.54) is 38.4 Å². The highest BCUT2D eigenvalue weighted by atomic mass is 32.1. The molecule has 0 saturated carbocycles. The quantitative estimate of drug-likeness (QED) is 0.663. The van der Waals surface area contributed by atoms with Gasteiger partial charge in [-0.25, -0.2) is 4.79 Å². The molecule has 0 spiro atoms. The van der Waals surface area contributed by atoms with Crippen molar-refractivity contribution in [2.75, 3.05) is 30.9 Å². The molecule has 0 bridgehead atoms. The van der Waals surface area contributed by atoms with Crippen molar-refractivity contribution in [3.8, 4) is 0 Å². The van der Waals surface area contributed by atoms with Crippen LogP contribution >= 0.6 is 11.3 Å². The Morgan fingerprint density at radius 1 is 1.43 bits per heavy atom. The van der Waals surface area contributed by atoms with E-state index in [1.807, 2.05) is 13.0 Å². The second-order valence-electron chi connectivity index (χ2n) is 7.85. The third-order valence-corrected chi connectivity index (χ3v) is 6.75. The van der Waals surface area contributed by atoms with Gasteiger partial charge in [0.05, 0.1) is 11.5 Å². The number of carbonyl (C=O) groups is 1. The maximum absolute atomic E-state index is 13.5. The third kappa shape index (κ3) is 4.52. The molecule has 1 atom stereocenters. The first-order valence-corrected chi connectivity index (χ1v) is 11.2. The molecule has 1 aliphatic rings. The van der Waals surface area contributed by atoms with E-state index in [1.54, 1.807) is 0 Å². The molecule has 1 aliphatic carbocycles. The Kier molecular flexibility index (Phi) is 7.14. The van der Waals surface area contributed by atoms with E-state index >= 15 is 0 Å². The van der Waals surface area contributed by atoms with E-state index in [4.69, 9.17) is 10.5 Å². The van der Waals surface area contributed by atoms with E-state index < -0.39 is 11.2 Å². The summed E-state index contributed by atoms with van der Waals surface area (Å²) in [6.45, 7) is 4.99. The van der Waals surface area contributed by atoms with Crippen LogP contribution in [-0.2, 0) is 24.1 Å². The van der Waals surface area contributed by atoms with Gasteiger partial charge in [0.2, 0.25) is 0 Å². The van der Waals surface area contributed by atoms with Gasteiger partial charge in [0, 0.05) is 25.1 Å². The number of carbonyl (C=O) groups excluding carboxylic acids is 1. The SMILES string of the molecule is CCCCn1c(N)c(N(CCOC)C(=O)c2cc3c(s2)CC[C@@H](C)C3)c(=O)[nH]c1=O. The smallest absolute Gasteiger partial charge is 0.330 e. The van der Waals surface area contributed by atoms with Crippen LogP contribution in [0.15, 0.2) is 15.7 Å². The molecule has 3 rings (SSSR count). The average Bonchev–Trinajstić information content (AvgIpc) is 3.12. The van der Waals surface area contributed by atoms with E-state index in [9.17, 15) is 14.4 Å². The van der Waals surface area contributed by atoms with Gasteiger partial charge in [-0.2, -0.15) is 0 Å². The molecule has 0 aromatic carbocycles. The maximum atomic E-state index is 13.5. The van der Waals surface area contributed by atoms with Crippen LogP contribution < -0.4 is 21.9 Å². The number of methoxy groups -OCH3 is 1. The third-order valence-electron chi connectivity index (χ3n) is 5.52. The fraction of sp³-hybridized carbons (Fsp3) is 0.571. The topological polar surface area (TPSA) is 110 Å². The summed E-state index contributed by atoms with van der Waals surface area (Å²) in [5, 5.41) is 0. The molecule has 0 unspecified atom stereocenters. The number of anilines is 2. The fourth-order valence-corrected chi connectivity index (χ4v) is 4.98. The number of aromatic nitrogens is 2. The molecule has 0 saturated heterocycles. The lowest BCUT2D eigenvalue weighted by Gasteiger charge is -2.23. The Morgan fingerprint density at radius 3 is 2.90 bits per heavy atom. The number of aryl methyl sites for hydroxylation is 1. The number of amides is 1. The van der Waals surface area contributed by atoms with Crippen LogP contribution in [0.4, 0.5) is 11.5 Å². The zero-order chi connectivity index (χ0) is 21.8. The van der Waals surface area contributed by atoms with E-state index in [0.29, 0.717) is 17.3 Å². The summed E-state index contributed by atoms with van der Waals surface area (Å²) < 4.78 is 6.49. The molecule has 2 heterocycles. The van der Waals surface area contributed by atoms with Gasteiger partial charge in [-0.3, -0.25) is 24.0 Å². The normalized spacial score (nSPS) is 15.8. The maximum Gasteiger partial charge on any atom is 0.330 e. The first kappa shape index (κ1) is 22.3. The first-order chi connectivity index (χ1) is 14.4. The van der Waals surface area contributed by atoms with Gasteiger partial charge >= 0.3 is 5.69 Å². The number of unbranched alkanes of at least 4 members (excludes halogenated alkanes) is 1. The summed E-state index contributed by atoms with van der Waals surface area (Å²) in [6, 6.07) is 1.94. The predicted octanol–water partition coefficient (Wildman–Crippen LogP) is 2.40. The van der Waals surface area contributed by atoms with E-state index in [2.05, 4.69) is 11.9 Å². The van der Waals surface area contributed by atoms with Crippen molar-refractivity contribution in [2.24, 2.45) is 5.92 Å². The minimum absolute atomic E-state index is 0.00694. The zero-order valence-corrected chi connectivity index (χ0v) is 18.6. The van der Waals surface area contributed by atoms with Crippen molar-refractivity contribution in [3.63, 3.8) is 0 Å². The van der Waals surface area contributed by atoms with E-state index in [0.717, 1.165) is 32.1 Å². The van der Waals surface area contributed by atoms with E-state index in [-0.39, 0.29) is 30.6 Å². The zero-order valence-electron chi connectivity index (χ0n) is 17.8. The second-order valence-corrected chi connectivity index (χ2v) is 8.99. The molecular weight excluding hydrogens is 404 g/mol. The molecule has 30 heavy (non-hydrogen) atoms. The molecule has 8 nitrogen and oxygen atoms in total. The Bertz CT molecular complexity index is 1020. The highest BCUT2D eigenvalue weighted by Gasteiger charge is 2.28. The molecule has 9 heteroatoms. The van der Waals surface area contributed by atoms with Crippen molar-refractivity contribution in [1.82, 2.24) is 9.55 Å². The predicted molar refractivity (Wildman–Crippen MR) is 120 cm³/mol. The van der Waals surface area contributed by atoms with Gasteiger partial charge in [-0.05, 0) is 43.2 Å². The van der Waals surface area contributed by atoms with Crippen LogP contribution in [0.1, 0.15) is 53.2 Å². The van der Waals surface area contributed by atoms with Crippen molar-refractivity contribution in [2.45, 2.75) is 52.5 Å². The molecule has 3 N–H and O–H groups in total. The largest absolute Gasteiger partial charge is 0.383 e. The highest BCUT2D eigenvalue weighted by Crippen LogP contribution is 2.33. The number of nitrogen functional groups attached to an aromatic ring is 1. The minimum atomic E-state index is -0.662. The van der Waals surface area contributed by atoms with Gasteiger partial charge in [-0.15, -0.1) is 11.3 Å². The van der Waals surface area contributed by atoms with Gasteiger partial charge in [-0.1, -0.05) is 20.3 Å². The fourth-order valence-electron chi connectivity index (χ4n) is 3.82. The van der Waals surface area contributed by atoms with Gasteiger partial charge in [0.1, 0.15) is 5.82 Å². The molecule has 0 fully saturated rings. The van der Waals surface area contributed by atoms with Crippen LogP contribution in [0.2, 0.25) is 0 Å². The standard InChI is InChI=1S/C21H30N4O4S/c1-4-5-8-25-18(22)17(19(26)23-21(25)28)24(9-10-29-3)20(27)16-12-14-11-13(2)6-7-15(14)30-16/h12-13H,4-11,22H2,1-3H3,(H,23,26,28)/t13-/m1/s1. The van der Waals surface area contributed by atoms with Crippen LogP contribution in [0.25, 0.3) is 0 Å².